The van der Waals surface area contributed by atoms with Crippen LogP contribution in [0.25, 0.3) is 10.8 Å². The quantitative estimate of drug-likeness (QED) is 0.900. The predicted molar refractivity (Wildman–Crippen MR) is 74.4 cm³/mol. The number of methoxy groups -OCH3 is 2. The number of hydrogen-bond acceptors (Lipinski definition) is 3. The first kappa shape index (κ1) is 12.7. The Bertz CT molecular complexity index is 549. The highest BCUT2D eigenvalue weighted by molar-refractivity contribution is 5.94. The van der Waals surface area contributed by atoms with E-state index < -0.39 is 0 Å². The highest BCUT2D eigenvalue weighted by atomic mass is 16.5. The van der Waals surface area contributed by atoms with Crippen molar-refractivity contribution in [2.24, 2.45) is 5.73 Å². The molecule has 1 atom stereocenters. The molecule has 1 unspecified atom stereocenters. The lowest BCUT2D eigenvalue weighted by molar-refractivity contribution is 0.405. The Morgan fingerprint density at radius 2 is 1.78 bits per heavy atom. The van der Waals surface area contributed by atoms with E-state index in [1.807, 2.05) is 37.3 Å². The largest absolute Gasteiger partial charge is 0.496 e. The lowest BCUT2D eigenvalue weighted by atomic mass is 10.00. The van der Waals surface area contributed by atoms with Crippen LogP contribution in [0, 0.1) is 0 Å². The molecule has 3 nitrogen and oxygen atoms in total. The van der Waals surface area contributed by atoms with E-state index in [4.69, 9.17) is 15.2 Å². The summed E-state index contributed by atoms with van der Waals surface area (Å²) in [5, 5.41) is 2.13. The van der Waals surface area contributed by atoms with Crippen molar-refractivity contribution >= 4 is 10.8 Å². The van der Waals surface area contributed by atoms with E-state index in [0.717, 1.165) is 34.3 Å². The molecule has 0 heterocycles. The smallest absolute Gasteiger partial charge is 0.130 e. The van der Waals surface area contributed by atoms with Crippen molar-refractivity contribution in [3.05, 3.63) is 35.9 Å². The summed E-state index contributed by atoms with van der Waals surface area (Å²) >= 11 is 0. The Morgan fingerprint density at radius 3 is 2.33 bits per heavy atom. The molecule has 2 N–H and O–H groups in total. The van der Waals surface area contributed by atoms with Crippen LogP contribution in [0.3, 0.4) is 0 Å². The van der Waals surface area contributed by atoms with Gasteiger partial charge in [-0.25, -0.2) is 0 Å². The van der Waals surface area contributed by atoms with Gasteiger partial charge in [0.2, 0.25) is 0 Å². The van der Waals surface area contributed by atoms with Crippen molar-refractivity contribution in [2.75, 3.05) is 14.2 Å². The molecule has 18 heavy (non-hydrogen) atoms. The Labute approximate surface area is 108 Å². The van der Waals surface area contributed by atoms with Gasteiger partial charge in [0, 0.05) is 16.8 Å². The summed E-state index contributed by atoms with van der Waals surface area (Å²) in [5.74, 6) is 1.76. The van der Waals surface area contributed by atoms with Gasteiger partial charge in [-0.1, -0.05) is 24.3 Å². The second-order valence-electron chi connectivity index (χ2n) is 4.50. The van der Waals surface area contributed by atoms with Crippen molar-refractivity contribution in [2.45, 2.75) is 19.4 Å². The van der Waals surface area contributed by atoms with Gasteiger partial charge in [-0.05, 0) is 25.0 Å². The van der Waals surface area contributed by atoms with E-state index in [1.165, 1.54) is 0 Å². The Kier molecular flexibility index (Phi) is 3.72. The van der Waals surface area contributed by atoms with Crippen LogP contribution in [0.1, 0.15) is 12.5 Å². The van der Waals surface area contributed by atoms with Crippen molar-refractivity contribution in [1.29, 1.82) is 0 Å². The maximum atomic E-state index is 5.89. The molecule has 0 aliphatic rings. The first-order chi connectivity index (χ1) is 8.67. The van der Waals surface area contributed by atoms with Crippen LogP contribution >= 0.6 is 0 Å². The first-order valence-electron chi connectivity index (χ1n) is 6.05. The van der Waals surface area contributed by atoms with Crippen LogP contribution in [0.5, 0.6) is 11.5 Å². The van der Waals surface area contributed by atoms with Crippen molar-refractivity contribution in [3.8, 4) is 11.5 Å². The van der Waals surface area contributed by atoms with Gasteiger partial charge in [0.05, 0.1) is 14.2 Å². The molecule has 0 amide bonds. The third-order valence-corrected chi connectivity index (χ3v) is 3.00. The maximum Gasteiger partial charge on any atom is 0.130 e. The van der Waals surface area contributed by atoms with Crippen LogP contribution in [-0.2, 0) is 6.42 Å². The molecule has 2 rings (SSSR count). The molecule has 0 aliphatic carbocycles. The van der Waals surface area contributed by atoms with E-state index in [1.54, 1.807) is 14.2 Å². The molecule has 0 radical (unpaired) electrons. The summed E-state index contributed by atoms with van der Waals surface area (Å²) in [6.45, 7) is 1.99. The Morgan fingerprint density at radius 1 is 1.11 bits per heavy atom. The minimum atomic E-state index is 0.0877. The zero-order valence-corrected chi connectivity index (χ0v) is 11.1. The fourth-order valence-electron chi connectivity index (χ4n) is 2.28. The lowest BCUT2D eigenvalue weighted by Gasteiger charge is -2.16. The predicted octanol–water partition coefficient (Wildman–Crippen LogP) is 2.75. The molecule has 3 heteroatoms. The zero-order chi connectivity index (χ0) is 13.1. The highest BCUT2D eigenvalue weighted by Crippen LogP contribution is 2.36. The first-order valence-corrected chi connectivity index (χ1v) is 6.05. The van der Waals surface area contributed by atoms with Gasteiger partial charge in [0.1, 0.15) is 11.5 Å². The Balaban J connectivity index is 2.70. The van der Waals surface area contributed by atoms with Crippen LogP contribution in [0.15, 0.2) is 30.3 Å². The van der Waals surface area contributed by atoms with Gasteiger partial charge in [0.25, 0.3) is 0 Å². The molecule has 0 aliphatic heterocycles. The number of hydrogen-bond donors (Lipinski definition) is 1. The maximum absolute atomic E-state index is 5.89. The number of ether oxygens (including phenoxy) is 2. The number of fused-ring (bicyclic) bond motifs is 1. The fraction of sp³-hybridized carbons (Fsp3) is 0.333. The number of benzene rings is 2. The van der Waals surface area contributed by atoms with Gasteiger partial charge in [-0.3, -0.25) is 0 Å². The van der Waals surface area contributed by atoms with E-state index in [9.17, 15) is 0 Å². The molecule has 0 saturated carbocycles. The van der Waals surface area contributed by atoms with E-state index >= 15 is 0 Å². The van der Waals surface area contributed by atoms with E-state index in [0.29, 0.717) is 0 Å². The monoisotopic (exact) mass is 245 g/mol. The third-order valence-electron chi connectivity index (χ3n) is 3.00. The van der Waals surface area contributed by atoms with Crippen molar-refractivity contribution < 1.29 is 9.47 Å². The minimum Gasteiger partial charge on any atom is -0.496 e. The van der Waals surface area contributed by atoms with Crippen LogP contribution in [0.4, 0.5) is 0 Å². The second kappa shape index (κ2) is 5.27. The molecule has 96 valence electrons. The van der Waals surface area contributed by atoms with Gasteiger partial charge < -0.3 is 15.2 Å². The van der Waals surface area contributed by atoms with Crippen LogP contribution < -0.4 is 15.2 Å². The number of rotatable bonds is 4. The Hall–Kier alpha value is -1.74. The van der Waals surface area contributed by atoms with E-state index in [2.05, 4.69) is 0 Å². The summed E-state index contributed by atoms with van der Waals surface area (Å²) < 4.78 is 11.0. The molecule has 2 aromatic rings. The summed E-state index contributed by atoms with van der Waals surface area (Å²) in [6.07, 6.45) is 0.768. The van der Waals surface area contributed by atoms with Gasteiger partial charge in [-0.15, -0.1) is 0 Å². The molecular formula is C15H19NO2. The fourth-order valence-corrected chi connectivity index (χ4v) is 2.28. The molecule has 0 saturated heterocycles. The molecule has 0 spiro atoms. The average Bonchev–Trinajstić information content (AvgIpc) is 2.37. The lowest BCUT2D eigenvalue weighted by Crippen LogP contribution is -2.18. The van der Waals surface area contributed by atoms with Crippen molar-refractivity contribution in [1.82, 2.24) is 0 Å². The van der Waals surface area contributed by atoms with Gasteiger partial charge >= 0.3 is 0 Å². The molecule has 2 aromatic carbocycles. The highest BCUT2D eigenvalue weighted by Gasteiger charge is 2.13. The molecule has 0 fully saturated rings. The molecule has 0 bridgehead atoms. The van der Waals surface area contributed by atoms with Crippen LogP contribution in [-0.4, -0.2) is 20.3 Å². The van der Waals surface area contributed by atoms with E-state index in [-0.39, 0.29) is 6.04 Å². The SMILES string of the molecule is COc1cc(CC(C)N)c(OC)c2ccccc12. The van der Waals surface area contributed by atoms with Crippen LogP contribution in [0.2, 0.25) is 0 Å². The zero-order valence-electron chi connectivity index (χ0n) is 11.1. The minimum absolute atomic E-state index is 0.0877. The molecule has 0 aromatic heterocycles. The van der Waals surface area contributed by atoms with Gasteiger partial charge in [-0.2, -0.15) is 0 Å². The summed E-state index contributed by atoms with van der Waals surface area (Å²) in [5.41, 5.74) is 6.97. The average molecular weight is 245 g/mol. The standard InChI is InChI=1S/C15H19NO2/c1-10(16)8-11-9-14(17-2)12-6-4-5-7-13(12)15(11)18-3/h4-7,9-10H,8,16H2,1-3H3. The van der Waals surface area contributed by atoms with Gasteiger partial charge in [0.15, 0.2) is 0 Å². The summed E-state index contributed by atoms with van der Waals surface area (Å²) in [6, 6.07) is 10.2. The molecular weight excluding hydrogens is 226 g/mol. The third kappa shape index (κ3) is 2.27. The van der Waals surface area contributed by atoms with Crippen molar-refractivity contribution in [3.63, 3.8) is 0 Å². The topological polar surface area (TPSA) is 44.5 Å². The second-order valence-corrected chi connectivity index (χ2v) is 4.50. The summed E-state index contributed by atoms with van der Waals surface area (Å²) in [7, 11) is 3.38. The summed E-state index contributed by atoms with van der Waals surface area (Å²) in [4.78, 5) is 0. The normalized spacial score (nSPS) is 12.4. The number of nitrogens with two attached hydrogens (primary N) is 1.